The zero-order chi connectivity index (χ0) is 20.1. The Hall–Kier alpha value is -2.31. The van der Waals surface area contributed by atoms with Crippen LogP contribution in [0, 0.1) is 0 Å². The highest BCUT2D eigenvalue weighted by Crippen LogP contribution is 2.28. The van der Waals surface area contributed by atoms with Gasteiger partial charge in [0, 0.05) is 28.7 Å². The second-order valence-corrected chi connectivity index (χ2v) is 9.12. The third-order valence-electron chi connectivity index (χ3n) is 4.52. The minimum atomic E-state index is -3.58. The lowest BCUT2D eigenvalue weighted by Crippen LogP contribution is -2.28. The van der Waals surface area contributed by atoms with E-state index in [1.165, 1.54) is 0 Å². The van der Waals surface area contributed by atoms with E-state index in [0.717, 1.165) is 18.4 Å². The van der Waals surface area contributed by atoms with E-state index in [-0.39, 0.29) is 23.1 Å². The van der Waals surface area contributed by atoms with Crippen molar-refractivity contribution in [1.82, 2.24) is 9.88 Å². The van der Waals surface area contributed by atoms with Crippen LogP contribution in [0.3, 0.4) is 0 Å². The smallest absolute Gasteiger partial charge is 0.239 e. The van der Waals surface area contributed by atoms with Gasteiger partial charge in [0.15, 0.2) is 9.84 Å². The van der Waals surface area contributed by atoms with Crippen LogP contribution < -0.4 is 5.32 Å². The molecule has 2 aromatic carbocycles. The molecule has 0 saturated carbocycles. The van der Waals surface area contributed by atoms with Gasteiger partial charge in [-0.15, -0.1) is 0 Å². The first kappa shape index (κ1) is 20.4. The van der Waals surface area contributed by atoms with Gasteiger partial charge in [0.2, 0.25) is 5.91 Å². The fraction of sp³-hybridized carbons (Fsp3) is 0.286. The van der Waals surface area contributed by atoms with Gasteiger partial charge in [-0.05, 0) is 30.2 Å². The molecule has 0 saturated heterocycles. The number of aromatic nitrogens is 1. The van der Waals surface area contributed by atoms with Crippen LogP contribution in [0.5, 0.6) is 0 Å². The molecule has 0 aliphatic heterocycles. The van der Waals surface area contributed by atoms with Gasteiger partial charge in [0.25, 0.3) is 0 Å². The Labute approximate surface area is 170 Å². The molecule has 3 aromatic rings. The predicted octanol–water partition coefficient (Wildman–Crippen LogP) is 4.18. The van der Waals surface area contributed by atoms with Gasteiger partial charge in [0.1, 0.15) is 6.54 Å². The molecule has 0 bridgehead atoms. The van der Waals surface area contributed by atoms with Crippen molar-refractivity contribution in [3.8, 4) is 0 Å². The number of amides is 1. The number of carbonyl (C=O) groups is 1. The standard InChI is InChI=1S/C21H23ClN2O3S/c1-2-3-12-23-21(25)14-24-13-20(18-6-4-5-7-19(18)24)28(26,27)15-16-8-10-17(22)11-9-16/h4-11,13H,2-3,12,14-15H2,1H3,(H,23,25). The normalized spacial score (nSPS) is 11.6. The molecule has 0 unspecified atom stereocenters. The Morgan fingerprint density at radius 3 is 2.54 bits per heavy atom. The lowest BCUT2D eigenvalue weighted by atomic mass is 10.2. The molecule has 28 heavy (non-hydrogen) atoms. The van der Waals surface area contributed by atoms with Crippen molar-refractivity contribution >= 4 is 38.2 Å². The van der Waals surface area contributed by atoms with Crippen LogP contribution in [0.25, 0.3) is 10.9 Å². The fourth-order valence-electron chi connectivity index (χ4n) is 3.08. The fourth-order valence-corrected chi connectivity index (χ4v) is 4.79. The number of hydrogen-bond donors (Lipinski definition) is 1. The summed E-state index contributed by atoms with van der Waals surface area (Å²) in [6.07, 6.45) is 3.48. The number of benzene rings is 2. The Kier molecular flexibility index (Phi) is 6.42. The van der Waals surface area contributed by atoms with Crippen molar-refractivity contribution in [2.45, 2.75) is 37.0 Å². The first-order chi connectivity index (χ1) is 13.4. The predicted molar refractivity (Wildman–Crippen MR) is 112 cm³/mol. The van der Waals surface area contributed by atoms with Gasteiger partial charge in [0.05, 0.1) is 10.6 Å². The van der Waals surface area contributed by atoms with Gasteiger partial charge in [-0.3, -0.25) is 4.79 Å². The molecule has 0 spiro atoms. The van der Waals surface area contributed by atoms with Crippen LogP contribution in [-0.4, -0.2) is 25.4 Å². The zero-order valence-corrected chi connectivity index (χ0v) is 17.3. The number of fused-ring (bicyclic) bond motifs is 1. The molecule has 1 N–H and O–H groups in total. The Morgan fingerprint density at radius 1 is 1.11 bits per heavy atom. The highest BCUT2D eigenvalue weighted by atomic mass is 35.5. The van der Waals surface area contributed by atoms with Crippen LogP contribution in [0.15, 0.2) is 59.6 Å². The molecule has 7 heteroatoms. The maximum atomic E-state index is 13.1. The van der Waals surface area contributed by atoms with Gasteiger partial charge in [-0.1, -0.05) is 55.3 Å². The zero-order valence-electron chi connectivity index (χ0n) is 15.7. The SMILES string of the molecule is CCCCNC(=O)Cn1cc(S(=O)(=O)Cc2ccc(Cl)cc2)c2ccccc21. The van der Waals surface area contributed by atoms with Gasteiger partial charge in [-0.25, -0.2) is 8.42 Å². The van der Waals surface area contributed by atoms with Gasteiger partial charge in [-0.2, -0.15) is 0 Å². The number of carbonyl (C=O) groups excluding carboxylic acids is 1. The Balaban J connectivity index is 1.90. The van der Waals surface area contributed by atoms with E-state index >= 15 is 0 Å². The van der Waals surface area contributed by atoms with Crippen LogP contribution in [-0.2, 0) is 26.9 Å². The van der Waals surface area contributed by atoms with Crippen molar-refractivity contribution in [2.75, 3.05) is 6.54 Å². The lowest BCUT2D eigenvalue weighted by molar-refractivity contribution is -0.121. The van der Waals surface area contributed by atoms with E-state index < -0.39 is 9.84 Å². The highest BCUT2D eigenvalue weighted by molar-refractivity contribution is 7.90. The second-order valence-electron chi connectivity index (χ2n) is 6.73. The van der Waals surface area contributed by atoms with Crippen molar-refractivity contribution in [3.63, 3.8) is 0 Å². The lowest BCUT2D eigenvalue weighted by Gasteiger charge is -2.06. The molecule has 1 heterocycles. The average molecular weight is 419 g/mol. The number of sulfone groups is 1. The van der Waals surface area contributed by atoms with E-state index in [1.54, 1.807) is 47.2 Å². The molecule has 5 nitrogen and oxygen atoms in total. The molecule has 148 valence electrons. The summed E-state index contributed by atoms with van der Waals surface area (Å²) in [7, 11) is -3.58. The van der Waals surface area contributed by atoms with Crippen LogP contribution in [0.2, 0.25) is 5.02 Å². The van der Waals surface area contributed by atoms with Crippen molar-refractivity contribution in [2.24, 2.45) is 0 Å². The summed E-state index contributed by atoms with van der Waals surface area (Å²) in [5, 5.41) is 4.05. The topological polar surface area (TPSA) is 68.2 Å². The largest absolute Gasteiger partial charge is 0.355 e. The molecule has 0 radical (unpaired) electrons. The van der Waals surface area contributed by atoms with E-state index in [4.69, 9.17) is 11.6 Å². The molecule has 3 rings (SSSR count). The van der Waals surface area contributed by atoms with Crippen molar-refractivity contribution < 1.29 is 13.2 Å². The van der Waals surface area contributed by atoms with E-state index in [9.17, 15) is 13.2 Å². The maximum absolute atomic E-state index is 13.1. The molecule has 0 aliphatic carbocycles. The van der Waals surface area contributed by atoms with Crippen LogP contribution >= 0.6 is 11.6 Å². The van der Waals surface area contributed by atoms with Crippen molar-refractivity contribution in [3.05, 3.63) is 65.3 Å². The summed E-state index contributed by atoms with van der Waals surface area (Å²) >= 11 is 5.88. The van der Waals surface area contributed by atoms with Crippen molar-refractivity contribution in [1.29, 1.82) is 0 Å². The quantitative estimate of drug-likeness (QED) is 0.558. The van der Waals surface area contributed by atoms with E-state index in [0.29, 0.717) is 22.5 Å². The molecule has 0 aliphatic rings. The summed E-state index contributed by atoms with van der Waals surface area (Å²) in [5.41, 5.74) is 1.39. The number of para-hydroxylation sites is 1. The second kappa shape index (κ2) is 8.80. The first-order valence-corrected chi connectivity index (χ1v) is 11.3. The number of halogens is 1. The Morgan fingerprint density at radius 2 is 1.82 bits per heavy atom. The van der Waals surface area contributed by atoms with Gasteiger partial charge < -0.3 is 9.88 Å². The molecule has 0 atom stereocenters. The van der Waals surface area contributed by atoms with Crippen LogP contribution in [0.4, 0.5) is 0 Å². The number of rotatable bonds is 8. The summed E-state index contributed by atoms with van der Waals surface area (Å²) in [5.74, 6) is -0.253. The highest BCUT2D eigenvalue weighted by Gasteiger charge is 2.22. The Bertz CT molecular complexity index is 1070. The average Bonchev–Trinajstić information content (AvgIpc) is 3.03. The van der Waals surface area contributed by atoms with Crippen LogP contribution in [0.1, 0.15) is 25.3 Å². The number of nitrogens with one attached hydrogen (secondary N) is 1. The minimum Gasteiger partial charge on any atom is -0.355 e. The molecular weight excluding hydrogens is 396 g/mol. The summed E-state index contributed by atoms with van der Waals surface area (Å²) in [4.78, 5) is 12.5. The number of nitrogens with zero attached hydrogens (tertiary/aromatic N) is 1. The summed E-state index contributed by atoms with van der Waals surface area (Å²) in [6, 6.07) is 14.0. The molecule has 1 amide bonds. The number of hydrogen-bond acceptors (Lipinski definition) is 3. The maximum Gasteiger partial charge on any atom is 0.239 e. The van der Waals surface area contributed by atoms with Gasteiger partial charge >= 0.3 is 0 Å². The van der Waals surface area contributed by atoms with E-state index in [1.807, 2.05) is 12.1 Å². The molecular formula is C21H23ClN2O3S. The summed E-state index contributed by atoms with van der Waals surface area (Å²) in [6.45, 7) is 2.76. The third kappa shape index (κ3) is 4.75. The summed E-state index contributed by atoms with van der Waals surface area (Å²) < 4.78 is 27.8. The minimum absolute atomic E-state index is 0.0840. The number of unbranched alkanes of at least 4 members (excludes halogenated alkanes) is 1. The molecule has 1 aromatic heterocycles. The van der Waals surface area contributed by atoms with E-state index in [2.05, 4.69) is 12.2 Å². The first-order valence-electron chi connectivity index (χ1n) is 9.22. The third-order valence-corrected chi connectivity index (χ3v) is 6.48. The molecule has 0 fully saturated rings. The monoisotopic (exact) mass is 418 g/mol.